The van der Waals surface area contributed by atoms with E-state index in [1.165, 1.54) is 19.2 Å². The average molecular weight is 320 g/mol. The van der Waals surface area contributed by atoms with Gasteiger partial charge in [-0.2, -0.15) is 9.57 Å². The molecule has 0 unspecified atom stereocenters. The molecule has 0 aliphatic carbocycles. The fourth-order valence-electron chi connectivity index (χ4n) is 1.41. The summed E-state index contributed by atoms with van der Waals surface area (Å²) in [6.07, 6.45) is 0.982. The van der Waals surface area contributed by atoms with Crippen molar-refractivity contribution in [2.24, 2.45) is 0 Å². The van der Waals surface area contributed by atoms with Crippen molar-refractivity contribution in [3.05, 3.63) is 29.6 Å². The van der Waals surface area contributed by atoms with Gasteiger partial charge in [-0.15, -0.1) is 0 Å². The van der Waals surface area contributed by atoms with E-state index in [1.54, 1.807) is 0 Å². The van der Waals surface area contributed by atoms with Crippen LogP contribution in [0.2, 0.25) is 0 Å². The minimum absolute atomic E-state index is 0.275. The molecule has 0 saturated carbocycles. The summed E-state index contributed by atoms with van der Waals surface area (Å²) in [6.45, 7) is -0.275. The van der Waals surface area contributed by atoms with E-state index in [1.807, 2.05) is 0 Å². The van der Waals surface area contributed by atoms with Crippen LogP contribution in [0.25, 0.3) is 0 Å². The summed E-state index contributed by atoms with van der Waals surface area (Å²) in [5, 5.41) is 8.83. The molecule has 6 nitrogen and oxygen atoms in total. The van der Waals surface area contributed by atoms with Gasteiger partial charge in [0.15, 0.2) is 0 Å². The van der Waals surface area contributed by atoms with Crippen molar-refractivity contribution in [3.8, 4) is 6.07 Å². The summed E-state index contributed by atoms with van der Waals surface area (Å²) >= 11 is 0. The predicted octanol–water partition coefficient (Wildman–Crippen LogP) is 0.362. The van der Waals surface area contributed by atoms with E-state index < -0.39 is 36.1 Å². The molecule has 0 atom stereocenters. The fourth-order valence-corrected chi connectivity index (χ4v) is 3.45. The van der Waals surface area contributed by atoms with Gasteiger partial charge in [-0.3, -0.25) is 0 Å². The highest BCUT2D eigenvalue weighted by atomic mass is 32.2. The number of sulfonamides is 1. The SMILES string of the molecule is CN(CCS(C)(=O)=O)S(=O)(=O)c1cccc(F)c1C#N. The third kappa shape index (κ3) is 3.75. The summed E-state index contributed by atoms with van der Waals surface area (Å²) in [5.74, 6) is -1.30. The van der Waals surface area contributed by atoms with Crippen molar-refractivity contribution in [1.29, 1.82) is 5.26 Å². The van der Waals surface area contributed by atoms with Gasteiger partial charge in [0.05, 0.1) is 5.75 Å². The highest BCUT2D eigenvalue weighted by Gasteiger charge is 2.26. The predicted molar refractivity (Wildman–Crippen MR) is 70.6 cm³/mol. The van der Waals surface area contributed by atoms with E-state index in [9.17, 15) is 21.2 Å². The number of nitriles is 1. The van der Waals surface area contributed by atoms with Gasteiger partial charge in [-0.1, -0.05) is 6.07 Å². The van der Waals surface area contributed by atoms with Gasteiger partial charge >= 0.3 is 0 Å². The first kappa shape index (κ1) is 16.6. The summed E-state index contributed by atoms with van der Waals surface area (Å²) in [4.78, 5) is -0.476. The largest absolute Gasteiger partial charge is 0.244 e. The zero-order valence-electron chi connectivity index (χ0n) is 10.9. The lowest BCUT2D eigenvalue weighted by molar-refractivity contribution is 0.483. The van der Waals surface area contributed by atoms with Crippen LogP contribution in [0.5, 0.6) is 0 Å². The van der Waals surface area contributed by atoms with Crippen molar-refractivity contribution < 1.29 is 21.2 Å². The summed E-state index contributed by atoms with van der Waals surface area (Å²) in [6, 6.07) is 4.76. The highest BCUT2D eigenvalue weighted by Crippen LogP contribution is 2.21. The number of benzene rings is 1. The van der Waals surface area contributed by atoms with Crippen molar-refractivity contribution in [3.63, 3.8) is 0 Å². The molecule has 0 bridgehead atoms. The van der Waals surface area contributed by atoms with Crippen LogP contribution >= 0.6 is 0 Å². The number of hydrogen-bond donors (Lipinski definition) is 0. The van der Waals surface area contributed by atoms with Crippen LogP contribution < -0.4 is 0 Å². The zero-order chi connectivity index (χ0) is 15.6. The van der Waals surface area contributed by atoms with E-state index in [2.05, 4.69) is 0 Å². The van der Waals surface area contributed by atoms with Crippen molar-refractivity contribution in [1.82, 2.24) is 4.31 Å². The van der Waals surface area contributed by atoms with Gasteiger partial charge in [0.25, 0.3) is 0 Å². The van der Waals surface area contributed by atoms with Crippen LogP contribution in [-0.4, -0.2) is 46.7 Å². The molecule has 0 N–H and O–H groups in total. The fraction of sp³-hybridized carbons (Fsp3) is 0.364. The lowest BCUT2D eigenvalue weighted by atomic mass is 10.2. The van der Waals surface area contributed by atoms with E-state index >= 15 is 0 Å². The Bertz CT molecular complexity index is 751. The Hall–Kier alpha value is -1.50. The quantitative estimate of drug-likeness (QED) is 0.780. The molecule has 110 valence electrons. The van der Waals surface area contributed by atoms with Gasteiger partial charge in [-0.05, 0) is 12.1 Å². The Morgan fingerprint density at radius 3 is 2.40 bits per heavy atom. The minimum Gasteiger partial charge on any atom is -0.229 e. The Labute approximate surface area is 117 Å². The molecule has 20 heavy (non-hydrogen) atoms. The van der Waals surface area contributed by atoms with Crippen molar-refractivity contribution in [2.45, 2.75) is 4.90 Å². The van der Waals surface area contributed by atoms with Crippen LogP contribution in [0, 0.1) is 17.1 Å². The van der Waals surface area contributed by atoms with Gasteiger partial charge in [-0.25, -0.2) is 21.2 Å². The molecular formula is C11H13FN2O4S2. The highest BCUT2D eigenvalue weighted by molar-refractivity contribution is 7.91. The second-order valence-corrected chi connectivity index (χ2v) is 8.45. The molecule has 0 amide bonds. The number of halogens is 1. The Morgan fingerprint density at radius 2 is 1.90 bits per heavy atom. The maximum Gasteiger partial charge on any atom is 0.244 e. The van der Waals surface area contributed by atoms with Crippen molar-refractivity contribution in [2.75, 3.05) is 25.6 Å². The third-order valence-corrected chi connectivity index (χ3v) is 5.38. The molecule has 0 aromatic heterocycles. The molecule has 1 aromatic rings. The molecular weight excluding hydrogens is 307 g/mol. The van der Waals surface area contributed by atoms with E-state index in [-0.39, 0.29) is 12.3 Å². The number of sulfone groups is 1. The molecule has 0 saturated heterocycles. The Kier molecular flexibility index (Phi) is 4.86. The molecule has 1 aromatic carbocycles. The maximum atomic E-state index is 13.4. The van der Waals surface area contributed by atoms with Crippen LogP contribution in [0.3, 0.4) is 0 Å². The molecule has 9 heteroatoms. The normalized spacial score (nSPS) is 12.3. The maximum absolute atomic E-state index is 13.4. The first-order valence-electron chi connectivity index (χ1n) is 5.42. The van der Waals surface area contributed by atoms with Gasteiger partial charge in [0.2, 0.25) is 10.0 Å². The molecule has 0 fully saturated rings. The first-order valence-corrected chi connectivity index (χ1v) is 8.92. The Balaban J connectivity index is 3.18. The summed E-state index contributed by atoms with van der Waals surface area (Å²) in [5.41, 5.74) is -0.585. The van der Waals surface area contributed by atoms with Crippen LogP contribution in [0.15, 0.2) is 23.1 Å². The van der Waals surface area contributed by atoms with Crippen LogP contribution in [0.4, 0.5) is 4.39 Å². The molecule has 0 aliphatic rings. The van der Waals surface area contributed by atoms with Gasteiger partial charge in [0, 0.05) is 19.8 Å². The molecule has 0 heterocycles. The second-order valence-electron chi connectivity index (χ2n) is 4.18. The lowest BCUT2D eigenvalue weighted by Crippen LogP contribution is -2.32. The van der Waals surface area contributed by atoms with E-state index in [0.29, 0.717) is 0 Å². The lowest BCUT2D eigenvalue weighted by Gasteiger charge is -2.17. The zero-order valence-corrected chi connectivity index (χ0v) is 12.5. The Morgan fingerprint density at radius 1 is 1.30 bits per heavy atom. The monoisotopic (exact) mass is 320 g/mol. The smallest absolute Gasteiger partial charge is 0.229 e. The third-order valence-electron chi connectivity index (χ3n) is 2.55. The number of nitrogens with zero attached hydrogens (tertiary/aromatic N) is 2. The van der Waals surface area contributed by atoms with Crippen LogP contribution in [-0.2, 0) is 19.9 Å². The van der Waals surface area contributed by atoms with Crippen molar-refractivity contribution >= 4 is 19.9 Å². The molecule has 0 aliphatic heterocycles. The van der Waals surface area contributed by atoms with Gasteiger partial charge < -0.3 is 0 Å². The molecule has 0 spiro atoms. The molecule has 0 radical (unpaired) electrons. The van der Waals surface area contributed by atoms with E-state index in [4.69, 9.17) is 5.26 Å². The average Bonchev–Trinajstić information content (AvgIpc) is 2.34. The number of hydrogen-bond acceptors (Lipinski definition) is 5. The topological polar surface area (TPSA) is 95.3 Å². The minimum atomic E-state index is -4.12. The standard InChI is InChI=1S/C11H13FN2O4S2/c1-14(6-7-19(2,15)16)20(17,18)11-5-3-4-10(12)9(11)8-13/h3-5H,6-7H2,1-2H3. The second kappa shape index (κ2) is 5.87. The van der Waals surface area contributed by atoms with Gasteiger partial charge in [0.1, 0.15) is 32.2 Å². The molecule has 1 rings (SSSR count). The summed E-state index contributed by atoms with van der Waals surface area (Å²) < 4.78 is 60.7. The number of rotatable bonds is 5. The van der Waals surface area contributed by atoms with Crippen LogP contribution in [0.1, 0.15) is 5.56 Å². The summed E-state index contributed by atoms with van der Waals surface area (Å²) in [7, 11) is -6.28. The van der Waals surface area contributed by atoms with E-state index in [0.717, 1.165) is 22.7 Å². The first-order chi connectivity index (χ1) is 9.09.